The molecule has 8 nitrogen and oxygen atoms in total. The quantitative estimate of drug-likeness (QED) is 0.668. The average Bonchev–Trinajstić information content (AvgIpc) is 3.21. The lowest BCUT2D eigenvalue weighted by atomic mass is 10.0. The summed E-state index contributed by atoms with van der Waals surface area (Å²) in [6, 6.07) is 18.3. The van der Waals surface area contributed by atoms with E-state index in [0.29, 0.717) is 37.8 Å². The Morgan fingerprint density at radius 1 is 1.12 bits per heavy atom. The molecule has 172 valence electrons. The van der Waals surface area contributed by atoms with Gasteiger partial charge in [-0.25, -0.2) is 9.59 Å². The van der Waals surface area contributed by atoms with Gasteiger partial charge in [-0.15, -0.1) is 0 Å². The van der Waals surface area contributed by atoms with E-state index in [1.807, 2.05) is 44.2 Å². The maximum absolute atomic E-state index is 12.2. The Morgan fingerprint density at radius 2 is 1.75 bits per heavy atom. The van der Waals surface area contributed by atoms with Gasteiger partial charge < -0.3 is 24.6 Å². The first-order chi connectivity index (χ1) is 15.2. The van der Waals surface area contributed by atoms with E-state index in [2.05, 4.69) is 5.32 Å². The smallest absolute Gasteiger partial charge is 0.410 e. The standard InChI is InChI=1S/C16H22N2O3.C8H8O3/c1-16(2)17-14-9-18(8-13(14)11-21-16)15(19)20-10-12-6-4-3-5-7-12;9-7(8(10)11)6-4-2-1-3-5-6/h3-7,13-14,17H,8-11H2,1-2H3;1-5,7,9H,(H,10,11)/t13-,14-;7-/m01/s1. The Kier molecular flexibility index (Phi) is 7.84. The van der Waals surface area contributed by atoms with Gasteiger partial charge in [0.05, 0.1) is 6.61 Å². The number of likely N-dealkylation sites (tertiary alicyclic amines) is 1. The molecule has 3 atom stereocenters. The fourth-order valence-corrected chi connectivity index (χ4v) is 3.74. The summed E-state index contributed by atoms with van der Waals surface area (Å²) in [4.78, 5) is 24.2. The molecule has 0 unspecified atom stereocenters. The molecule has 2 aromatic rings. The molecule has 1 amide bonds. The van der Waals surface area contributed by atoms with Crippen LogP contribution in [0.2, 0.25) is 0 Å². The minimum Gasteiger partial charge on any atom is -0.479 e. The molecule has 0 bridgehead atoms. The van der Waals surface area contributed by atoms with Crippen LogP contribution in [0.5, 0.6) is 0 Å². The van der Waals surface area contributed by atoms with Crippen LogP contribution < -0.4 is 5.32 Å². The third kappa shape index (κ3) is 6.53. The summed E-state index contributed by atoms with van der Waals surface area (Å²) in [6.07, 6.45) is -1.65. The summed E-state index contributed by atoms with van der Waals surface area (Å²) in [6.45, 7) is 6.42. The van der Waals surface area contributed by atoms with Gasteiger partial charge >= 0.3 is 12.1 Å². The van der Waals surface area contributed by atoms with Gasteiger partial charge in [-0.3, -0.25) is 5.32 Å². The number of hydrogen-bond acceptors (Lipinski definition) is 6. The number of carboxylic acid groups (broad SMARTS) is 1. The van der Waals surface area contributed by atoms with Crippen molar-refractivity contribution < 1.29 is 29.3 Å². The molecule has 2 heterocycles. The minimum atomic E-state index is -1.41. The summed E-state index contributed by atoms with van der Waals surface area (Å²) < 4.78 is 11.1. The maximum Gasteiger partial charge on any atom is 0.410 e. The van der Waals surface area contributed by atoms with Gasteiger partial charge in [0, 0.05) is 25.0 Å². The van der Waals surface area contributed by atoms with Gasteiger partial charge in [0.15, 0.2) is 6.10 Å². The SMILES string of the molecule is CC1(C)N[C@H]2CN(C(=O)OCc3ccccc3)C[C@H]2CO1.O=C(O)[C@H](O)c1ccccc1. The minimum absolute atomic E-state index is 0.243. The van der Waals surface area contributed by atoms with E-state index >= 15 is 0 Å². The van der Waals surface area contributed by atoms with Gasteiger partial charge in [-0.2, -0.15) is 0 Å². The van der Waals surface area contributed by atoms with Crippen LogP contribution in [0, 0.1) is 5.92 Å². The molecule has 2 aromatic carbocycles. The van der Waals surface area contributed by atoms with E-state index in [0.717, 1.165) is 5.56 Å². The Labute approximate surface area is 187 Å². The van der Waals surface area contributed by atoms with E-state index < -0.39 is 12.1 Å². The number of carbonyl (C=O) groups excluding carboxylic acids is 1. The third-order valence-corrected chi connectivity index (χ3v) is 5.44. The molecular formula is C24H30N2O6. The van der Waals surface area contributed by atoms with Crippen molar-refractivity contribution in [1.29, 1.82) is 0 Å². The second-order valence-electron chi connectivity index (χ2n) is 8.43. The number of ether oxygens (including phenoxy) is 2. The molecular weight excluding hydrogens is 412 g/mol. The number of aliphatic carboxylic acids is 1. The zero-order valence-corrected chi connectivity index (χ0v) is 18.3. The van der Waals surface area contributed by atoms with Crippen molar-refractivity contribution in [3.8, 4) is 0 Å². The maximum atomic E-state index is 12.2. The van der Waals surface area contributed by atoms with Crippen LogP contribution in [0.1, 0.15) is 31.1 Å². The molecule has 0 spiro atoms. The number of nitrogens with one attached hydrogen (secondary N) is 1. The molecule has 2 saturated heterocycles. The first-order valence-corrected chi connectivity index (χ1v) is 10.6. The highest BCUT2D eigenvalue weighted by atomic mass is 16.6. The predicted octanol–water partition coefficient (Wildman–Crippen LogP) is 2.78. The zero-order valence-electron chi connectivity index (χ0n) is 18.3. The van der Waals surface area contributed by atoms with Crippen LogP contribution in [0.25, 0.3) is 0 Å². The summed E-state index contributed by atoms with van der Waals surface area (Å²) >= 11 is 0. The second-order valence-corrected chi connectivity index (χ2v) is 8.43. The van der Waals surface area contributed by atoms with Gasteiger partial charge in [-0.1, -0.05) is 60.7 Å². The highest BCUT2D eigenvalue weighted by Crippen LogP contribution is 2.26. The van der Waals surface area contributed by atoms with E-state index in [4.69, 9.17) is 19.7 Å². The molecule has 0 saturated carbocycles. The monoisotopic (exact) mass is 442 g/mol. The number of aliphatic hydroxyl groups is 1. The number of hydrogen-bond donors (Lipinski definition) is 3. The van der Waals surface area contributed by atoms with Crippen molar-refractivity contribution in [3.05, 3.63) is 71.8 Å². The molecule has 8 heteroatoms. The number of carboxylic acids is 1. The van der Waals surface area contributed by atoms with E-state index in [9.17, 15) is 9.59 Å². The van der Waals surface area contributed by atoms with Crippen molar-refractivity contribution in [1.82, 2.24) is 10.2 Å². The van der Waals surface area contributed by atoms with E-state index in [1.165, 1.54) is 0 Å². The molecule has 0 aliphatic carbocycles. The van der Waals surface area contributed by atoms with Crippen LogP contribution in [0.15, 0.2) is 60.7 Å². The summed E-state index contributed by atoms with van der Waals surface area (Å²) in [7, 11) is 0. The molecule has 2 fully saturated rings. The Morgan fingerprint density at radius 3 is 2.38 bits per heavy atom. The average molecular weight is 443 g/mol. The van der Waals surface area contributed by atoms with Gasteiger partial charge in [0.2, 0.25) is 0 Å². The number of rotatable bonds is 4. The van der Waals surface area contributed by atoms with E-state index in [-0.39, 0.29) is 17.9 Å². The van der Waals surface area contributed by atoms with Crippen molar-refractivity contribution >= 4 is 12.1 Å². The fraction of sp³-hybridized carbons (Fsp3) is 0.417. The van der Waals surface area contributed by atoms with E-state index in [1.54, 1.807) is 35.2 Å². The van der Waals surface area contributed by atoms with Crippen LogP contribution in [-0.2, 0) is 20.9 Å². The number of benzene rings is 2. The lowest BCUT2D eigenvalue weighted by Gasteiger charge is -2.38. The molecule has 3 N–H and O–H groups in total. The molecule has 2 aliphatic heterocycles. The van der Waals surface area contributed by atoms with Gasteiger partial charge in [-0.05, 0) is 25.0 Å². The number of carbonyl (C=O) groups is 2. The first-order valence-electron chi connectivity index (χ1n) is 10.6. The van der Waals surface area contributed by atoms with Crippen molar-refractivity contribution in [2.24, 2.45) is 5.92 Å². The summed E-state index contributed by atoms with van der Waals surface area (Å²) in [5.74, 6) is -0.876. The highest BCUT2D eigenvalue weighted by molar-refractivity contribution is 5.73. The number of aliphatic hydroxyl groups excluding tert-OH is 1. The second kappa shape index (κ2) is 10.6. The molecule has 0 aromatic heterocycles. The fourth-order valence-electron chi connectivity index (χ4n) is 3.74. The number of amides is 1. The first kappa shape index (κ1) is 23.7. The number of nitrogens with zero attached hydrogens (tertiary/aromatic N) is 1. The zero-order chi connectivity index (χ0) is 23.1. The lowest BCUT2D eigenvalue weighted by Crippen LogP contribution is -2.56. The van der Waals surface area contributed by atoms with Crippen LogP contribution in [0.4, 0.5) is 4.79 Å². The Balaban J connectivity index is 0.000000222. The largest absolute Gasteiger partial charge is 0.479 e. The van der Waals surface area contributed by atoms with Gasteiger partial charge in [0.1, 0.15) is 12.3 Å². The molecule has 4 rings (SSSR count). The normalized spacial score (nSPS) is 22.2. The van der Waals surface area contributed by atoms with Crippen molar-refractivity contribution in [2.45, 2.75) is 38.3 Å². The summed E-state index contributed by atoms with van der Waals surface area (Å²) in [5, 5.41) is 20.8. The third-order valence-electron chi connectivity index (χ3n) is 5.44. The Hall–Kier alpha value is -2.94. The van der Waals surface area contributed by atoms with Crippen LogP contribution in [-0.4, -0.2) is 58.6 Å². The van der Waals surface area contributed by atoms with Crippen molar-refractivity contribution in [3.63, 3.8) is 0 Å². The topological polar surface area (TPSA) is 108 Å². The predicted molar refractivity (Wildman–Crippen MR) is 118 cm³/mol. The Bertz CT molecular complexity index is 890. The number of fused-ring (bicyclic) bond motifs is 1. The van der Waals surface area contributed by atoms with Gasteiger partial charge in [0.25, 0.3) is 0 Å². The van der Waals surface area contributed by atoms with Crippen LogP contribution >= 0.6 is 0 Å². The molecule has 32 heavy (non-hydrogen) atoms. The molecule has 0 radical (unpaired) electrons. The molecule has 2 aliphatic rings. The summed E-state index contributed by atoms with van der Waals surface area (Å²) in [5.41, 5.74) is 1.09. The van der Waals surface area contributed by atoms with Crippen LogP contribution in [0.3, 0.4) is 0 Å². The highest BCUT2D eigenvalue weighted by Gasteiger charge is 2.42. The lowest BCUT2D eigenvalue weighted by molar-refractivity contribution is -0.146. The van der Waals surface area contributed by atoms with Crippen molar-refractivity contribution in [2.75, 3.05) is 19.7 Å².